The van der Waals surface area contributed by atoms with Crippen molar-refractivity contribution in [1.82, 2.24) is 0 Å². The summed E-state index contributed by atoms with van der Waals surface area (Å²) in [7, 11) is 0. The van der Waals surface area contributed by atoms with Gasteiger partial charge >= 0.3 is 5.97 Å². The molecule has 0 saturated heterocycles. The van der Waals surface area contributed by atoms with Crippen LogP contribution < -0.4 is 0 Å². The molecule has 19 heavy (non-hydrogen) atoms. The number of aliphatic carboxylic acids is 1. The normalized spacial score (nSPS) is 16.5. The van der Waals surface area contributed by atoms with Crippen LogP contribution in [-0.4, -0.2) is 16.2 Å². The predicted octanol–water partition coefficient (Wildman–Crippen LogP) is 3.61. The predicted molar refractivity (Wildman–Crippen MR) is 73.6 cm³/mol. The van der Waals surface area contributed by atoms with E-state index in [-0.39, 0.29) is 5.75 Å². The SMILES string of the molecule is CC(C(=O)O)c1ccc2cc(C3CC3)ccc2c1O. The molecule has 1 unspecified atom stereocenters. The van der Waals surface area contributed by atoms with Crippen LogP contribution in [0.4, 0.5) is 0 Å². The van der Waals surface area contributed by atoms with Gasteiger partial charge in [0.1, 0.15) is 5.75 Å². The molecule has 1 saturated carbocycles. The Kier molecular flexibility index (Phi) is 2.70. The highest BCUT2D eigenvalue weighted by molar-refractivity contribution is 5.92. The van der Waals surface area contributed by atoms with Gasteiger partial charge in [-0.3, -0.25) is 4.79 Å². The standard InChI is InChI=1S/C16H16O3/c1-9(16(18)19)13-6-5-12-8-11(10-2-3-10)4-7-14(12)15(13)17/h4-10,17H,2-3H2,1H3,(H,18,19). The third-order valence-corrected chi connectivity index (χ3v) is 3.93. The van der Waals surface area contributed by atoms with Gasteiger partial charge in [-0.15, -0.1) is 0 Å². The second-order valence-electron chi connectivity index (χ2n) is 5.32. The monoisotopic (exact) mass is 256 g/mol. The molecule has 0 aromatic heterocycles. The maximum atomic E-state index is 11.0. The average molecular weight is 256 g/mol. The number of rotatable bonds is 3. The molecule has 0 amide bonds. The molecule has 2 aromatic carbocycles. The Bertz CT molecular complexity index is 656. The first-order valence-corrected chi connectivity index (χ1v) is 6.56. The quantitative estimate of drug-likeness (QED) is 0.882. The molecule has 0 heterocycles. The molecular weight excluding hydrogens is 240 g/mol. The van der Waals surface area contributed by atoms with Gasteiger partial charge in [-0.2, -0.15) is 0 Å². The highest BCUT2D eigenvalue weighted by Gasteiger charge is 2.24. The Balaban J connectivity index is 2.11. The van der Waals surface area contributed by atoms with Crippen molar-refractivity contribution < 1.29 is 15.0 Å². The van der Waals surface area contributed by atoms with E-state index in [4.69, 9.17) is 5.11 Å². The molecule has 0 aliphatic heterocycles. The third kappa shape index (κ3) is 2.05. The van der Waals surface area contributed by atoms with Crippen LogP contribution in [0.3, 0.4) is 0 Å². The van der Waals surface area contributed by atoms with E-state index in [0.717, 1.165) is 10.8 Å². The summed E-state index contributed by atoms with van der Waals surface area (Å²) >= 11 is 0. The van der Waals surface area contributed by atoms with E-state index in [2.05, 4.69) is 6.07 Å². The topological polar surface area (TPSA) is 57.5 Å². The molecule has 3 heteroatoms. The molecule has 1 aliphatic rings. The first-order valence-electron chi connectivity index (χ1n) is 6.56. The lowest BCUT2D eigenvalue weighted by Crippen LogP contribution is -2.07. The van der Waals surface area contributed by atoms with Crippen LogP contribution in [0.25, 0.3) is 10.8 Å². The summed E-state index contributed by atoms with van der Waals surface area (Å²) in [5, 5.41) is 21.0. The summed E-state index contributed by atoms with van der Waals surface area (Å²) in [6, 6.07) is 9.65. The first-order chi connectivity index (χ1) is 9.08. The summed E-state index contributed by atoms with van der Waals surface area (Å²) in [6.45, 7) is 1.59. The van der Waals surface area contributed by atoms with Crippen LogP contribution >= 0.6 is 0 Å². The Hall–Kier alpha value is -2.03. The van der Waals surface area contributed by atoms with E-state index >= 15 is 0 Å². The van der Waals surface area contributed by atoms with Crippen LogP contribution in [0, 0.1) is 0 Å². The van der Waals surface area contributed by atoms with Crippen molar-refractivity contribution in [3.8, 4) is 5.75 Å². The molecular formula is C16H16O3. The molecule has 0 radical (unpaired) electrons. The van der Waals surface area contributed by atoms with Gasteiger partial charge in [0.15, 0.2) is 0 Å². The van der Waals surface area contributed by atoms with Gasteiger partial charge in [0, 0.05) is 10.9 Å². The van der Waals surface area contributed by atoms with E-state index < -0.39 is 11.9 Å². The zero-order valence-electron chi connectivity index (χ0n) is 10.8. The number of phenolic OH excluding ortho intramolecular Hbond substituents is 1. The van der Waals surface area contributed by atoms with Crippen molar-refractivity contribution in [1.29, 1.82) is 0 Å². The van der Waals surface area contributed by atoms with Crippen LogP contribution in [-0.2, 0) is 4.79 Å². The van der Waals surface area contributed by atoms with Gasteiger partial charge < -0.3 is 10.2 Å². The van der Waals surface area contributed by atoms with E-state index in [1.807, 2.05) is 18.2 Å². The molecule has 2 aromatic rings. The fourth-order valence-electron chi connectivity index (χ4n) is 2.50. The third-order valence-electron chi connectivity index (χ3n) is 3.93. The molecule has 0 spiro atoms. The summed E-state index contributed by atoms with van der Waals surface area (Å²) in [5.74, 6) is -0.865. The lowest BCUT2D eigenvalue weighted by atomic mass is 9.95. The minimum Gasteiger partial charge on any atom is -0.507 e. The first kappa shape index (κ1) is 12.0. The van der Waals surface area contributed by atoms with Crippen molar-refractivity contribution in [3.05, 3.63) is 41.5 Å². The minimum absolute atomic E-state index is 0.0924. The van der Waals surface area contributed by atoms with Gasteiger partial charge in [0.2, 0.25) is 0 Å². The van der Waals surface area contributed by atoms with Crippen molar-refractivity contribution >= 4 is 16.7 Å². The number of aromatic hydroxyl groups is 1. The van der Waals surface area contributed by atoms with Crippen molar-refractivity contribution in [3.63, 3.8) is 0 Å². The second-order valence-corrected chi connectivity index (χ2v) is 5.32. The number of hydrogen-bond acceptors (Lipinski definition) is 2. The zero-order valence-corrected chi connectivity index (χ0v) is 10.8. The Morgan fingerprint density at radius 2 is 2.00 bits per heavy atom. The molecule has 1 aliphatic carbocycles. The number of benzene rings is 2. The van der Waals surface area contributed by atoms with Gasteiger partial charge in [-0.25, -0.2) is 0 Å². The van der Waals surface area contributed by atoms with Gasteiger partial charge in [-0.1, -0.05) is 30.3 Å². The van der Waals surface area contributed by atoms with E-state index in [9.17, 15) is 9.90 Å². The summed E-state index contributed by atoms with van der Waals surface area (Å²) in [4.78, 5) is 11.0. The fraction of sp³-hybridized carbons (Fsp3) is 0.312. The number of hydrogen-bond donors (Lipinski definition) is 2. The molecule has 2 N–H and O–H groups in total. The van der Waals surface area contributed by atoms with Crippen LogP contribution in [0.15, 0.2) is 30.3 Å². The lowest BCUT2D eigenvalue weighted by Gasteiger charge is -2.12. The fourth-order valence-corrected chi connectivity index (χ4v) is 2.50. The second kappa shape index (κ2) is 4.26. The number of carbonyl (C=O) groups is 1. The summed E-state index contributed by atoms with van der Waals surface area (Å²) in [5.41, 5.74) is 1.78. The number of fused-ring (bicyclic) bond motifs is 1. The molecule has 1 atom stereocenters. The lowest BCUT2D eigenvalue weighted by molar-refractivity contribution is -0.138. The van der Waals surface area contributed by atoms with E-state index in [1.165, 1.54) is 18.4 Å². The van der Waals surface area contributed by atoms with Crippen molar-refractivity contribution in [2.75, 3.05) is 0 Å². The van der Waals surface area contributed by atoms with Crippen LogP contribution in [0.1, 0.15) is 42.7 Å². The van der Waals surface area contributed by atoms with E-state index in [0.29, 0.717) is 11.5 Å². The molecule has 0 bridgehead atoms. The maximum absolute atomic E-state index is 11.0. The number of phenols is 1. The van der Waals surface area contributed by atoms with Crippen molar-refractivity contribution in [2.24, 2.45) is 0 Å². The Labute approximate surface area is 111 Å². The Morgan fingerprint density at radius 3 is 2.63 bits per heavy atom. The minimum atomic E-state index is -0.927. The van der Waals surface area contributed by atoms with Gasteiger partial charge in [0.25, 0.3) is 0 Å². The highest BCUT2D eigenvalue weighted by atomic mass is 16.4. The summed E-state index contributed by atoms with van der Waals surface area (Å²) in [6.07, 6.45) is 2.48. The largest absolute Gasteiger partial charge is 0.507 e. The zero-order chi connectivity index (χ0) is 13.6. The molecule has 1 fully saturated rings. The molecule has 3 rings (SSSR count). The van der Waals surface area contributed by atoms with E-state index in [1.54, 1.807) is 13.0 Å². The van der Waals surface area contributed by atoms with Gasteiger partial charge in [0.05, 0.1) is 5.92 Å². The highest BCUT2D eigenvalue weighted by Crippen LogP contribution is 2.42. The molecule has 3 nitrogen and oxygen atoms in total. The average Bonchev–Trinajstić information content (AvgIpc) is 3.22. The number of carboxylic acid groups (broad SMARTS) is 1. The van der Waals surface area contributed by atoms with Crippen LogP contribution in [0.2, 0.25) is 0 Å². The smallest absolute Gasteiger partial charge is 0.310 e. The summed E-state index contributed by atoms with van der Waals surface area (Å²) < 4.78 is 0. The van der Waals surface area contributed by atoms with Crippen molar-refractivity contribution in [2.45, 2.75) is 31.6 Å². The molecule has 98 valence electrons. The Morgan fingerprint density at radius 1 is 1.26 bits per heavy atom. The van der Waals surface area contributed by atoms with Crippen LogP contribution in [0.5, 0.6) is 5.75 Å². The number of carboxylic acids is 1. The van der Waals surface area contributed by atoms with Gasteiger partial charge in [-0.05, 0) is 36.6 Å². The maximum Gasteiger partial charge on any atom is 0.310 e.